The molecule has 0 atom stereocenters. The molecule has 1 N–H and O–H groups in total. The lowest BCUT2D eigenvalue weighted by Crippen LogP contribution is -2.23. The number of carbonyl (C=O) groups is 1. The molecule has 0 radical (unpaired) electrons. The van der Waals surface area contributed by atoms with Crippen LogP contribution in [-0.2, 0) is 17.8 Å². The highest BCUT2D eigenvalue weighted by molar-refractivity contribution is 5.76. The number of aromatic nitrogens is 1. The van der Waals surface area contributed by atoms with E-state index in [9.17, 15) is 4.79 Å². The number of aryl methyl sites for hydroxylation is 1. The van der Waals surface area contributed by atoms with Crippen molar-refractivity contribution in [3.8, 4) is 11.5 Å². The monoisotopic (exact) mass is 300 g/mol. The molecular weight excluding hydrogens is 280 g/mol. The first-order valence-electron chi connectivity index (χ1n) is 7.10. The fourth-order valence-corrected chi connectivity index (χ4v) is 2.11. The summed E-state index contributed by atoms with van der Waals surface area (Å²) in [6.45, 7) is 0.439. The van der Waals surface area contributed by atoms with E-state index in [0.717, 1.165) is 22.8 Å². The molecule has 2 aromatic rings. The van der Waals surface area contributed by atoms with E-state index in [1.54, 1.807) is 20.4 Å². The Labute approximate surface area is 130 Å². The second-order valence-corrected chi connectivity index (χ2v) is 4.78. The molecule has 22 heavy (non-hydrogen) atoms. The van der Waals surface area contributed by atoms with Gasteiger partial charge in [-0.1, -0.05) is 6.07 Å². The molecule has 1 aromatic carbocycles. The summed E-state index contributed by atoms with van der Waals surface area (Å²) in [6, 6.07) is 11.2. The van der Waals surface area contributed by atoms with Crippen molar-refractivity contribution in [2.45, 2.75) is 19.4 Å². The Morgan fingerprint density at radius 2 is 2.05 bits per heavy atom. The van der Waals surface area contributed by atoms with E-state index >= 15 is 0 Å². The molecule has 0 aliphatic heterocycles. The standard InChI is InChI=1S/C17H20N2O3/c1-21-15-7-8-16(22-2)13(11-15)6-9-17(20)19-12-14-5-3-4-10-18-14/h3-5,7-8,10-11H,6,9,12H2,1-2H3,(H,19,20). The highest BCUT2D eigenvalue weighted by Gasteiger charge is 2.08. The third kappa shape index (κ3) is 4.48. The van der Waals surface area contributed by atoms with Crippen LogP contribution in [0.1, 0.15) is 17.7 Å². The molecular formula is C17H20N2O3. The van der Waals surface area contributed by atoms with Gasteiger partial charge in [0.05, 0.1) is 26.5 Å². The van der Waals surface area contributed by atoms with Gasteiger partial charge in [0.1, 0.15) is 11.5 Å². The minimum atomic E-state index is -0.0180. The number of hydrogen-bond donors (Lipinski definition) is 1. The zero-order chi connectivity index (χ0) is 15.8. The van der Waals surface area contributed by atoms with Crippen LogP contribution in [0.25, 0.3) is 0 Å². The number of rotatable bonds is 7. The maximum Gasteiger partial charge on any atom is 0.220 e. The Morgan fingerprint density at radius 3 is 2.73 bits per heavy atom. The van der Waals surface area contributed by atoms with Gasteiger partial charge in [-0.3, -0.25) is 9.78 Å². The van der Waals surface area contributed by atoms with E-state index in [2.05, 4.69) is 10.3 Å². The molecule has 2 rings (SSSR count). The van der Waals surface area contributed by atoms with Crippen LogP contribution in [0.3, 0.4) is 0 Å². The summed E-state index contributed by atoms with van der Waals surface area (Å²) >= 11 is 0. The van der Waals surface area contributed by atoms with E-state index in [1.807, 2.05) is 36.4 Å². The van der Waals surface area contributed by atoms with Gasteiger partial charge < -0.3 is 14.8 Å². The fraction of sp³-hybridized carbons (Fsp3) is 0.294. The quantitative estimate of drug-likeness (QED) is 0.852. The molecule has 0 aliphatic rings. The summed E-state index contributed by atoms with van der Waals surface area (Å²) in [5.74, 6) is 1.50. The van der Waals surface area contributed by atoms with Gasteiger partial charge in [-0.15, -0.1) is 0 Å². The maximum absolute atomic E-state index is 11.9. The first kappa shape index (κ1) is 15.8. The Balaban J connectivity index is 1.88. The minimum Gasteiger partial charge on any atom is -0.497 e. The van der Waals surface area contributed by atoms with Gasteiger partial charge in [0, 0.05) is 12.6 Å². The molecule has 0 saturated heterocycles. The summed E-state index contributed by atoms with van der Waals surface area (Å²) in [5.41, 5.74) is 1.80. The summed E-state index contributed by atoms with van der Waals surface area (Å²) in [4.78, 5) is 16.1. The van der Waals surface area contributed by atoms with Gasteiger partial charge in [-0.2, -0.15) is 0 Å². The molecule has 1 heterocycles. The first-order chi connectivity index (χ1) is 10.7. The highest BCUT2D eigenvalue weighted by atomic mass is 16.5. The van der Waals surface area contributed by atoms with Crippen LogP contribution in [0, 0.1) is 0 Å². The number of methoxy groups -OCH3 is 2. The molecule has 0 spiro atoms. The number of hydrogen-bond acceptors (Lipinski definition) is 4. The van der Waals surface area contributed by atoms with Crippen LogP contribution in [-0.4, -0.2) is 25.1 Å². The van der Waals surface area contributed by atoms with E-state index in [0.29, 0.717) is 19.4 Å². The summed E-state index contributed by atoms with van der Waals surface area (Å²) in [6.07, 6.45) is 2.69. The topological polar surface area (TPSA) is 60.5 Å². The summed E-state index contributed by atoms with van der Waals surface area (Å²) in [5, 5.41) is 2.86. The van der Waals surface area contributed by atoms with Crippen molar-refractivity contribution in [3.63, 3.8) is 0 Å². The predicted molar refractivity (Wildman–Crippen MR) is 84.0 cm³/mol. The molecule has 116 valence electrons. The third-order valence-corrected chi connectivity index (χ3v) is 3.30. The molecule has 5 heteroatoms. The maximum atomic E-state index is 11.9. The Morgan fingerprint density at radius 1 is 1.18 bits per heavy atom. The number of nitrogens with zero attached hydrogens (tertiary/aromatic N) is 1. The molecule has 0 unspecified atom stereocenters. The van der Waals surface area contributed by atoms with Gasteiger partial charge in [0.2, 0.25) is 5.91 Å². The van der Waals surface area contributed by atoms with Crippen LogP contribution in [0.5, 0.6) is 11.5 Å². The van der Waals surface area contributed by atoms with Crippen LogP contribution in [0.2, 0.25) is 0 Å². The smallest absolute Gasteiger partial charge is 0.220 e. The number of ether oxygens (including phenoxy) is 2. The SMILES string of the molecule is COc1ccc(OC)c(CCC(=O)NCc2ccccn2)c1. The zero-order valence-electron chi connectivity index (χ0n) is 12.8. The molecule has 0 bridgehead atoms. The van der Waals surface area contributed by atoms with Crippen molar-refractivity contribution in [1.29, 1.82) is 0 Å². The number of pyridine rings is 1. The molecule has 5 nitrogen and oxygen atoms in total. The Kier molecular flexibility index (Phi) is 5.77. The zero-order valence-corrected chi connectivity index (χ0v) is 12.8. The number of benzene rings is 1. The van der Waals surface area contributed by atoms with Crippen molar-refractivity contribution in [2.75, 3.05) is 14.2 Å². The Bertz CT molecular complexity index is 615. The van der Waals surface area contributed by atoms with E-state index in [1.165, 1.54) is 0 Å². The van der Waals surface area contributed by atoms with Crippen LogP contribution >= 0.6 is 0 Å². The molecule has 0 aliphatic carbocycles. The van der Waals surface area contributed by atoms with Crippen molar-refractivity contribution in [1.82, 2.24) is 10.3 Å². The molecule has 1 amide bonds. The van der Waals surface area contributed by atoms with Crippen LogP contribution in [0.4, 0.5) is 0 Å². The van der Waals surface area contributed by atoms with Crippen molar-refractivity contribution < 1.29 is 14.3 Å². The van der Waals surface area contributed by atoms with Gasteiger partial charge in [-0.25, -0.2) is 0 Å². The minimum absolute atomic E-state index is 0.0180. The average molecular weight is 300 g/mol. The highest BCUT2D eigenvalue weighted by Crippen LogP contribution is 2.25. The lowest BCUT2D eigenvalue weighted by molar-refractivity contribution is -0.121. The van der Waals surface area contributed by atoms with Gasteiger partial charge in [-0.05, 0) is 42.3 Å². The largest absolute Gasteiger partial charge is 0.497 e. The number of nitrogens with one attached hydrogen (secondary N) is 1. The number of carbonyl (C=O) groups excluding carboxylic acids is 1. The average Bonchev–Trinajstić information content (AvgIpc) is 2.58. The molecule has 0 saturated carbocycles. The van der Waals surface area contributed by atoms with Gasteiger partial charge in [0.25, 0.3) is 0 Å². The number of amides is 1. The Hall–Kier alpha value is -2.56. The van der Waals surface area contributed by atoms with Crippen LogP contribution in [0.15, 0.2) is 42.6 Å². The van der Waals surface area contributed by atoms with Crippen LogP contribution < -0.4 is 14.8 Å². The van der Waals surface area contributed by atoms with Crippen molar-refractivity contribution >= 4 is 5.91 Å². The van der Waals surface area contributed by atoms with Crippen molar-refractivity contribution in [3.05, 3.63) is 53.9 Å². The lowest BCUT2D eigenvalue weighted by Gasteiger charge is -2.10. The second kappa shape index (κ2) is 8.02. The fourth-order valence-electron chi connectivity index (χ4n) is 2.11. The van der Waals surface area contributed by atoms with Gasteiger partial charge >= 0.3 is 0 Å². The molecule has 0 fully saturated rings. The van der Waals surface area contributed by atoms with Crippen molar-refractivity contribution in [2.24, 2.45) is 0 Å². The predicted octanol–water partition coefficient (Wildman–Crippen LogP) is 2.35. The third-order valence-electron chi connectivity index (χ3n) is 3.30. The summed E-state index contributed by atoms with van der Waals surface area (Å²) < 4.78 is 10.5. The summed E-state index contributed by atoms with van der Waals surface area (Å²) in [7, 11) is 3.23. The first-order valence-corrected chi connectivity index (χ1v) is 7.10. The lowest BCUT2D eigenvalue weighted by atomic mass is 10.1. The van der Waals surface area contributed by atoms with E-state index in [4.69, 9.17) is 9.47 Å². The second-order valence-electron chi connectivity index (χ2n) is 4.78. The normalized spacial score (nSPS) is 10.1. The van der Waals surface area contributed by atoms with E-state index < -0.39 is 0 Å². The van der Waals surface area contributed by atoms with Gasteiger partial charge in [0.15, 0.2) is 0 Å². The molecule has 1 aromatic heterocycles. The van der Waals surface area contributed by atoms with E-state index in [-0.39, 0.29) is 5.91 Å².